The lowest BCUT2D eigenvalue weighted by molar-refractivity contribution is -0.114. The second-order valence-corrected chi connectivity index (χ2v) is 4.18. The topological polar surface area (TPSA) is 30.0 Å². The van der Waals surface area contributed by atoms with Crippen molar-refractivity contribution in [3.8, 4) is 0 Å². The molecule has 1 heterocycles. The molecule has 0 amide bonds. The predicted octanol–water partition coefficient (Wildman–Crippen LogP) is 2.45. The van der Waals surface area contributed by atoms with Gasteiger partial charge in [0.05, 0.1) is 12.1 Å². The van der Waals surface area contributed by atoms with E-state index in [1.165, 1.54) is 4.88 Å². The Morgan fingerprint density at radius 1 is 1.54 bits per heavy atom. The van der Waals surface area contributed by atoms with Crippen molar-refractivity contribution >= 4 is 17.1 Å². The second-order valence-electron chi connectivity index (χ2n) is 2.89. The SMILES string of the molecule is C/C=C/C(=O)Cc1nc(C)c(C)s1. The van der Waals surface area contributed by atoms with Gasteiger partial charge in [-0.2, -0.15) is 0 Å². The molecule has 1 aromatic heterocycles. The largest absolute Gasteiger partial charge is 0.294 e. The highest BCUT2D eigenvalue weighted by Gasteiger charge is 2.06. The molecule has 2 nitrogen and oxygen atoms in total. The van der Waals surface area contributed by atoms with Crippen molar-refractivity contribution < 1.29 is 4.79 Å². The average Bonchev–Trinajstić information content (AvgIpc) is 2.31. The van der Waals surface area contributed by atoms with Gasteiger partial charge in [-0.3, -0.25) is 4.79 Å². The Bertz CT molecular complexity index is 319. The van der Waals surface area contributed by atoms with E-state index < -0.39 is 0 Å². The molecule has 0 spiro atoms. The Hall–Kier alpha value is -0.960. The van der Waals surface area contributed by atoms with E-state index in [2.05, 4.69) is 4.98 Å². The lowest BCUT2D eigenvalue weighted by Crippen LogP contribution is -1.97. The first-order valence-corrected chi connectivity index (χ1v) is 5.03. The predicted molar refractivity (Wildman–Crippen MR) is 55.1 cm³/mol. The maximum Gasteiger partial charge on any atom is 0.162 e. The number of carbonyl (C=O) groups is 1. The first-order chi connectivity index (χ1) is 6.13. The fraction of sp³-hybridized carbons (Fsp3) is 0.400. The van der Waals surface area contributed by atoms with Crippen molar-refractivity contribution in [1.29, 1.82) is 0 Å². The zero-order valence-corrected chi connectivity index (χ0v) is 8.94. The van der Waals surface area contributed by atoms with Gasteiger partial charge in [0, 0.05) is 4.88 Å². The number of hydrogen-bond acceptors (Lipinski definition) is 3. The molecule has 0 aromatic carbocycles. The minimum absolute atomic E-state index is 0.122. The van der Waals surface area contributed by atoms with E-state index in [4.69, 9.17) is 0 Å². The molecule has 0 bridgehead atoms. The molecular weight excluding hydrogens is 182 g/mol. The van der Waals surface area contributed by atoms with Crippen LogP contribution >= 0.6 is 11.3 Å². The van der Waals surface area contributed by atoms with Crippen LogP contribution in [0.4, 0.5) is 0 Å². The first kappa shape index (κ1) is 10.1. The fourth-order valence-electron chi connectivity index (χ4n) is 1.01. The second kappa shape index (κ2) is 4.33. The summed E-state index contributed by atoms with van der Waals surface area (Å²) in [6.45, 7) is 5.84. The summed E-state index contributed by atoms with van der Waals surface area (Å²) >= 11 is 1.60. The molecule has 1 rings (SSSR count). The van der Waals surface area contributed by atoms with E-state index >= 15 is 0 Å². The highest BCUT2D eigenvalue weighted by atomic mass is 32.1. The molecule has 1 aromatic rings. The Morgan fingerprint density at radius 3 is 2.69 bits per heavy atom. The minimum Gasteiger partial charge on any atom is -0.294 e. The van der Waals surface area contributed by atoms with E-state index in [0.29, 0.717) is 6.42 Å². The van der Waals surface area contributed by atoms with Crippen molar-refractivity contribution in [3.05, 3.63) is 27.7 Å². The summed E-state index contributed by atoms with van der Waals surface area (Å²) in [5.74, 6) is 0.122. The van der Waals surface area contributed by atoms with Crippen LogP contribution in [0.2, 0.25) is 0 Å². The fourth-order valence-corrected chi connectivity index (χ4v) is 1.95. The van der Waals surface area contributed by atoms with Gasteiger partial charge in [0.2, 0.25) is 0 Å². The lowest BCUT2D eigenvalue weighted by Gasteiger charge is -1.88. The number of allylic oxidation sites excluding steroid dienone is 2. The van der Waals surface area contributed by atoms with Crippen LogP contribution in [0.25, 0.3) is 0 Å². The number of hydrogen-bond donors (Lipinski definition) is 0. The molecule has 0 aliphatic rings. The molecule has 0 aliphatic heterocycles. The van der Waals surface area contributed by atoms with Gasteiger partial charge in [-0.15, -0.1) is 11.3 Å². The summed E-state index contributed by atoms with van der Waals surface area (Å²) in [5.41, 5.74) is 1.04. The number of carbonyl (C=O) groups excluding carboxylic acids is 1. The average molecular weight is 195 g/mol. The molecule has 0 radical (unpaired) electrons. The number of rotatable bonds is 3. The smallest absolute Gasteiger partial charge is 0.162 e. The molecule has 3 heteroatoms. The van der Waals surface area contributed by atoms with Gasteiger partial charge < -0.3 is 0 Å². The summed E-state index contributed by atoms with van der Waals surface area (Å²) in [7, 11) is 0. The standard InChI is InChI=1S/C10H13NOS/c1-4-5-9(12)6-10-11-7(2)8(3)13-10/h4-5H,6H2,1-3H3/b5-4+. The van der Waals surface area contributed by atoms with Crippen LogP contribution in [-0.4, -0.2) is 10.8 Å². The van der Waals surface area contributed by atoms with Crippen molar-refractivity contribution in [3.63, 3.8) is 0 Å². The number of nitrogens with zero attached hydrogens (tertiary/aromatic N) is 1. The van der Waals surface area contributed by atoms with Crippen LogP contribution < -0.4 is 0 Å². The van der Waals surface area contributed by atoms with Gasteiger partial charge >= 0.3 is 0 Å². The highest BCUT2D eigenvalue weighted by molar-refractivity contribution is 7.11. The van der Waals surface area contributed by atoms with Crippen LogP contribution in [-0.2, 0) is 11.2 Å². The van der Waals surface area contributed by atoms with Crippen LogP contribution in [0, 0.1) is 13.8 Å². The van der Waals surface area contributed by atoms with Crippen molar-refractivity contribution in [1.82, 2.24) is 4.98 Å². The van der Waals surface area contributed by atoms with E-state index in [0.717, 1.165) is 10.7 Å². The molecule has 0 fully saturated rings. The normalized spacial score (nSPS) is 11.0. The molecule has 0 atom stereocenters. The van der Waals surface area contributed by atoms with Crippen molar-refractivity contribution in [2.75, 3.05) is 0 Å². The van der Waals surface area contributed by atoms with E-state index in [9.17, 15) is 4.79 Å². The number of thiazole rings is 1. The Kier molecular flexibility index (Phi) is 3.37. The molecular formula is C10H13NOS. The Labute approximate surface area is 82.3 Å². The summed E-state index contributed by atoms with van der Waals surface area (Å²) in [6.07, 6.45) is 3.78. The van der Waals surface area contributed by atoms with Crippen LogP contribution in [0.5, 0.6) is 0 Å². The van der Waals surface area contributed by atoms with Gasteiger partial charge in [-0.1, -0.05) is 6.08 Å². The Morgan fingerprint density at radius 2 is 2.23 bits per heavy atom. The minimum atomic E-state index is 0.122. The van der Waals surface area contributed by atoms with Gasteiger partial charge in [0.1, 0.15) is 5.01 Å². The third kappa shape index (κ3) is 2.77. The zero-order valence-electron chi connectivity index (χ0n) is 8.13. The quantitative estimate of drug-likeness (QED) is 0.693. The molecule has 0 N–H and O–H groups in total. The molecule has 13 heavy (non-hydrogen) atoms. The first-order valence-electron chi connectivity index (χ1n) is 4.22. The molecule has 70 valence electrons. The summed E-state index contributed by atoms with van der Waals surface area (Å²) in [5, 5.41) is 0.915. The maximum absolute atomic E-state index is 11.2. The van der Waals surface area contributed by atoms with E-state index in [-0.39, 0.29) is 5.78 Å². The summed E-state index contributed by atoms with van der Waals surface area (Å²) in [4.78, 5) is 16.7. The zero-order chi connectivity index (χ0) is 9.84. The van der Waals surface area contributed by atoms with Crippen LogP contribution in [0.15, 0.2) is 12.2 Å². The summed E-state index contributed by atoms with van der Waals surface area (Å²) in [6, 6.07) is 0. The molecule has 0 aliphatic carbocycles. The third-order valence-corrected chi connectivity index (χ3v) is 2.82. The van der Waals surface area contributed by atoms with Crippen molar-refractivity contribution in [2.45, 2.75) is 27.2 Å². The Balaban J connectivity index is 2.69. The van der Waals surface area contributed by atoms with Gasteiger partial charge in [-0.05, 0) is 26.8 Å². The van der Waals surface area contributed by atoms with Crippen molar-refractivity contribution in [2.24, 2.45) is 0 Å². The lowest BCUT2D eigenvalue weighted by atomic mass is 10.3. The van der Waals surface area contributed by atoms with Crippen LogP contribution in [0.1, 0.15) is 22.5 Å². The van der Waals surface area contributed by atoms with E-state index in [1.807, 2.05) is 20.8 Å². The molecule has 0 unspecified atom stereocenters. The van der Waals surface area contributed by atoms with Gasteiger partial charge in [-0.25, -0.2) is 4.98 Å². The van der Waals surface area contributed by atoms with Gasteiger partial charge in [0.15, 0.2) is 5.78 Å². The highest BCUT2D eigenvalue weighted by Crippen LogP contribution is 2.16. The van der Waals surface area contributed by atoms with Gasteiger partial charge in [0.25, 0.3) is 0 Å². The molecule has 0 saturated carbocycles. The molecule has 0 saturated heterocycles. The monoisotopic (exact) mass is 195 g/mol. The number of aromatic nitrogens is 1. The maximum atomic E-state index is 11.2. The third-order valence-electron chi connectivity index (χ3n) is 1.75. The van der Waals surface area contributed by atoms with E-state index in [1.54, 1.807) is 23.5 Å². The number of aryl methyl sites for hydroxylation is 2. The summed E-state index contributed by atoms with van der Waals surface area (Å²) < 4.78 is 0. The van der Waals surface area contributed by atoms with Crippen LogP contribution in [0.3, 0.4) is 0 Å². The number of ketones is 1.